The molecule has 2 aromatic rings. The van der Waals surface area contributed by atoms with Gasteiger partial charge in [0.05, 0.1) is 32.3 Å². The van der Waals surface area contributed by atoms with Crippen LogP contribution in [0.2, 0.25) is 0 Å². The number of hydrogen-bond donors (Lipinski definition) is 1. The lowest BCUT2D eigenvalue weighted by Crippen LogP contribution is -2.35. The summed E-state index contributed by atoms with van der Waals surface area (Å²) in [6.07, 6.45) is 1.04. The minimum Gasteiger partial charge on any atom is -0.493 e. The normalized spacial score (nSPS) is 20.6. The highest BCUT2D eigenvalue weighted by Gasteiger charge is 2.41. The van der Waals surface area contributed by atoms with E-state index < -0.39 is 5.92 Å². The van der Waals surface area contributed by atoms with E-state index in [1.807, 2.05) is 42.6 Å². The summed E-state index contributed by atoms with van der Waals surface area (Å²) in [5, 5.41) is 5.33. The standard InChI is InChI=1S/C25H27NO5S/c1-5-31-25(28)22-14(2)26-17-11-16(15-8-9-19(29-3)20(13-15)30-4)12-18(27)23(17)24(22)21-7-6-10-32-21/h6-10,13,16,24,26H,5,11-12H2,1-4H3. The Balaban J connectivity index is 1.74. The Hall–Kier alpha value is -3.06. The molecule has 1 aliphatic heterocycles. The molecule has 0 bridgehead atoms. The van der Waals surface area contributed by atoms with Crippen molar-refractivity contribution in [1.82, 2.24) is 5.32 Å². The van der Waals surface area contributed by atoms with Crippen LogP contribution in [0.1, 0.15) is 49.0 Å². The number of hydrogen-bond acceptors (Lipinski definition) is 7. The van der Waals surface area contributed by atoms with Crippen molar-refractivity contribution in [2.24, 2.45) is 0 Å². The largest absolute Gasteiger partial charge is 0.493 e. The highest BCUT2D eigenvalue weighted by molar-refractivity contribution is 7.10. The molecule has 32 heavy (non-hydrogen) atoms. The molecule has 1 aromatic carbocycles. The van der Waals surface area contributed by atoms with Crippen LogP contribution >= 0.6 is 11.3 Å². The number of carbonyl (C=O) groups is 2. The van der Waals surface area contributed by atoms with Gasteiger partial charge in [-0.1, -0.05) is 12.1 Å². The highest BCUT2D eigenvalue weighted by atomic mass is 32.1. The summed E-state index contributed by atoms with van der Waals surface area (Å²) in [6, 6.07) is 9.72. The Morgan fingerprint density at radius 3 is 2.59 bits per heavy atom. The van der Waals surface area contributed by atoms with Gasteiger partial charge in [-0.3, -0.25) is 4.79 Å². The average molecular weight is 454 g/mol. The number of benzene rings is 1. The summed E-state index contributed by atoms with van der Waals surface area (Å²) >= 11 is 1.55. The maximum Gasteiger partial charge on any atom is 0.336 e. The van der Waals surface area contributed by atoms with Crippen molar-refractivity contribution >= 4 is 23.1 Å². The van der Waals surface area contributed by atoms with Gasteiger partial charge in [0.25, 0.3) is 0 Å². The Bertz CT molecular complexity index is 1100. The molecule has 2 aliphatic rings. The third kappa shape index (κ3) is 3.93. The van der Waals surface area contributed by atoms with Crippen LogP contribution in [-0.4, -0.2) is 32.6 Å². The van der Waals surface area contributed by atoms with E-state index in [0.29, 0.717) is 35.5 Å². The second-order valence-corrected chi connectivity index (χ2v) is 8.85. The van der Waals surface area contributed by atoms with E-state index in [2.05, 4.69) is 5.32 Å². The number of rotatable bonds is 6. The Morgan fingerprint density at radius 1 is 1.16 bits per heavy atom. The predicted octanol–water partition coefficient (Wildman–Crippen LogP) is 4.69. The lowest BCUT2D eigenvalue weighted by atomic mass is 9.73. The van der Waals surface area contributed by atoms with Crippen molar-refractivity contribution in [3.63, 3.8) is 0 Å². The third-order valence-electron chi connectivity index (χ3n) is 6.03. The number of methoxy groups -OCH3 is 2. The van der Waals surface area contributed by atoms with Crippen molar-refractivity contribution in [1.29, 1.82) is 0 Å². The van der Waals surface area contributed by atoms with Crippen LogP contribution < -0.4 is 14.8 Å². The fourth-order valence-corrected chi connectivity index (χ4v) is 5.44. The van der Waals surface area contributed by atoms with Crippen molar-refractivity contribution in [2.45, 2.75) is 38.5 Å². The van der Waals surface area contributed by atoms with Crippen LogP contribution in [0.4, 0.5) is 0 Å². The van der Waals surface area contributed by atoms with Gasteiger partial charge in [-0.05, 0) is 55.3 Å². The Morgan fingerprint density at radius 2 is 1.94 bits per heavy atom. The molecular weight excluding hydrogens is 426 g/mol. The number of ketones is 1. The molecule has 0 spiro atoms. The molecular formula is C25H27NO5S. The van der Waals surface area contributed by atoms with Crippen LogP contribution in [0.25, 0.3) is 0 Å². The van der Waals surface area contributed by atoms with E-state index in [1.165, 1.54) is 0 Å². The first-order valence-electron chi connectivity index (χ1n) is 10.6. The third-order valence-corrected chi connectivity index (χ3v) is 6.97. The van der Waals surface area contributed by atoms with E-state index in [4.69, 9.17) is 14.2 Å². The number of esters is 1. The zero-order valence-corrected chi connectivity index (χ0v) is 19.5. The first-order valence-corrected chi connectivity index (χ1v) is 11.5. The van der Waals surface area contributed by atoms with Crippen LogP contribution in [0.5, 0.6) is 11.5 Å². The van der Waals surface area contributed by atoms with E-state index in [-0.39, 0.29) is 24.3 Å². The zero-order chi connectivity index (χ0) is 22.8. The fourth-order valence-electron chi connectivity index (χ4n) is 4.60. The number of thiophene rings is 1. The van der Waals surface area contributed by atoms with Gasteiger partial charge >= 0.3 is 5.97 Å². The SMILES string of the molecule is CCOC(=O)C1=C(C)NC2=C(C(=O)CC(c3ccc(OC)c(OC)c3)C2)C1c1cccs1. The average Bonchev–Trinajstić information content (AvgIpc) is 3.32. The highest BCUT2D eigenvalue weighted by Crippen LogP contribution is 2.47. The predicted molar refractivity (Wildman–Crippen MR) is 123 cm³/mol. The molecule has 0 saturated carbocycles. The van der Waals surface area contributed by atoms with Crippen LogP contribution in [0, 0.1) is 0 Å². The monoisotopic (exact) mass is 453 g/mol. The Labute approximate surface area is 191 Å². The lowest BCUT2D eigenvalue weighted by Gasteiger charge is -2.36. The van der Waals surface area contributed by atoms with Gasteiger partial charge in [-0.2, -0.15) is 0 Å². The fraction of sp³-hybridized carbons (Fsp3) is 0.360. The smallest absolute Gasteiger partial charge is 0.336 e. The molecule has 0 amide bonds. The van der Waals surface area contributed by atoms with Gasteiger partial charge in [0.2, 0.25) is 0 Å². The Kier molecular flexibility index (Phi) is 6.37. The van der Waals surface area contributed by atoms with Crippen molar-refractivity contribution in [2.75, 3.05) is 20.8 Å². The molecule has 0 saturated heterocycles. The summed E-state index contributed by atoms with van der Waals surface area (Å²) in [5.74, 6) is 0.581. The first-order chi connectivity index (χ1) is 15.5. The van der Waals surface area contributed by atoms with Gasteiger partial charge in [-0.25, -0.2) is 4.79 Å². The number of nitrogens with one attached hydrogen (secondary N) is 1. The molecule has 0 fully saturated rings. The summed E-state index contributed by atoms with van der Waals surface area (Å²) in [4.78, 5) is 27.3. The molecule has 0 radical (unpaired) electrons. The number of allylic oxidation sites excluding steroid dienone is 3. The van der Waals surface area contributed by atoms with Crippen molar-refractivity contribution in [3.05, 3.63) is 68.7 Å². The second-order valence-electron chi connectivity index (χ2n) is 7.87. The van der Waals surface area contributed by atoms with E-state index in [1.54, 1.807) is 32.5 Å². The van der Waals surface area contributed by atoms with Crippen LogP contribution in [-0.2, 0) is 14.3 Å². The minimum absolute atomic E-state index is 0.00878. The van der Waals surface area contributed by atoms with Crippen LogP contribution in [0.15, 0.2) is 58.3 Å². The molecule has 2 unspecified atom stereocenters. The van der Waals surface area contributed by atoms with E-state index >= 15 is 0 Å². The van der Waals surface area contributed by atoms with Gasteiger partial charge in [0.15, 0.2) is 17.3 Å². The quantitative estimate of drug-likeness (QED) is 0.640. The van der Waals surface area contributed by atoms with Crippen molar-refractivity contribution in [3.8, 4) is 11.5 Å². The van der Waals surface area contributed by atoms with Gasteiger partial charge < -0.3 is 19.5 Å². The number of dihydropyridines is 1. The molecule has 2 atom stereocenters. The van der Waals surface area contributed by atoms with E-state index in [0.717, 1.165) is 21.8 Å². The molecule has 6 nitrogen and oxygen atoms in total. The number of Topliss-reactive ketones (excluding diaryl/α,β-unsaturated/α-hetero) is 1. The summed E-state index contributed by atoms with van der Waals surface area (Å²) in [6.45, 7) is 3.95. The van der Waals surface area contributed by atoms with Gasteiger partial charge in [0, 0.05) is 28.3 Å². The van der Waals surface area contributed by atoms with Gasteiger partial charge in [0.1, 0.15) is 0 Å². The van der Waals surface area contributed by atoms with Crippen molar-refractivity contribution < 1.29 is 23.8 Å². The zero-order valence-electron chi connectivity index (χ0n) is 18.7. The van der Waals surface area contributed by atoms with Gasteiger partial charge in [-0.15, -0.1) is 11.3 Å². The minimum atomic E-state index is -0.399. The number of ether oxygens (including phenoxy) is 3. The molecule has 1 aliphatic carbocycles. The second kappa shape index (κ2) is 9.20. The summed E-state index contributed by atoms with van der Waals surface area (Å²) in [5.41, 5.74) is 3.84. The maximum absolute atomic E-state index is 13.5. The first kappa shape index (κ1) is 22.1. The summed E-state index contributed by atoms with van der Waals surface area (Å²) < 4.78 is 16.1. The molecule has 4 rings (SSSR count). The molecule has 1 aromatic heterocycles. The summed E-state index contributed by atoms with van der Waals surface area (Å²) in [7, 11) is 3.21. The topological polar surface area (TPSA) is 73.9 Å². The molecule has 1 N–H and O–H groups in total. The number of carbonyl (C=O) groups excluding carboxylic acids is 2. The van der Waals surface area contributed by atoms with E-state index in [9.17, 15) is 9.59 Å². The lowest BCUT2D eigenvalue weighted by molar-refractivity contribution is -0.138. The maximum atomic E-state index is 13.5. The van der Waals surface area contributed by atoms with Crippen LogP contribution in [0.3, 0.4) is 0 Å². The molecule has 7 heteroatoms. The molecule has 2 heterocycles. The molecule has 168 valence electrons.